The molecule has 0 saturated carbocycles. The van der Waals surface area contributed by atoms with E-state index in [-0.39, 0.29) is 31.1 Å². The van der Waals surface area contributed by atoms with Gasteiger partial charge in [0.05, 0.1) is 0 Å². The fraction of sp³-hybridized carbons (Fsp3) is 0.750. The molecule has 6 nitrogen and oxygen atoms in total. The molecule has 0 amide bonds. The van der Waals surface area contributed by atoms with Gasteiger partial charge >= 0.3 is 17.9 Å². The molecule has 0 aliphatic carbocycles. The summed E-state index contributed by atoms with van der Waals surface area (Å²) >= 11 is 0. The molecular weight excluding hydrogens is 1010 g/mol. The van der Waals surface area contributed by atoms with E-state index in [1.165, 1.54) is 193 Å². The molecule has 0 aromatic carbocycles. The summed E-state index contributed by atoms with van der Waals surface area (Å²) in [4.78, 5) is 38.5. The summed E-state index contributed by atoms with van der Waals surface area (Å²) < 4.78 is 17.0. The van der Waals surface area contributed by atoms with E-state index in [9.17, 15) is 14.4 Å². The molecule has 0 rings (SSSR count). The van der Waals surface area contributed by atoms with E-state index in [2.05, 4.69) is 118 Å². The van der Waals surface area contributed by atoms with Crippen LogP contribution in [0.15, 0.2) is 97.2 Å². The van der Waals surface area contributed by atoms with Crippen molar-refractivity contribution in [1.29, 1.82) is 0 Å². The number of unbranched alkanes of at least 4 members (excludes halogenated alkanes) is 37. The van der Waals surface area contributed by atoms with Crippen LogP contribution in [-0.2, 0) is 28.6 Å². The lowest BCUT2D eigenvalue weighted by Crippen LogP contribution is -2.30. The maximum Gasteiger partial charge on any atom is 0.306 e. The molecule has 0 aromatic rings. The van der Waals surface area contributed by atoms with Crippen LogP contribution in [0.3, 0.4) is 0 Å². The van der Waals surface area contributed by atoms with Gasteiger partial charge in [-0.2, -0.15) is 0 Å². The van der Waals surface area contributed by atoms with Gasteiger partial charge in [0, 0.05) is 19.3 Å². The molecule has 472 valence electrons. The van der Waals surface area contributed by atoms with Crippen LogP contribution < -0.4 is 0 Å². The van der Waals surface area contributed by atoms with Crippen molar-refractivity contribution in [3.63, 3.8) is 0 Å². The third-order valence-electron chi connectivity index (χ3n) is 15.3. The van der Waals surface area contributed by atoms with E-state index in [0.29, 0.717) is 19.3 Å². The van der Waals surface area contributed by atoms with E-state index >= 15 is 0 Å². The lowest BCUT2D eigenvalue weighted by molar-refractivity contribution is -0.167. The molecule has 0 heterocycles. The zero-order valence-electron chi connectivity index (χ0n) is 54.2. The molecule has 0 spiro atoms. The first-order valence-corrected chi connectivity index (χ1v) is 35.2. The second-order valence-corrected chi connectivity index (χ2v) is 23.4. The highest BCUT2D eigenvalue weighted by Crippen LogP contribution is 2.18. The van der Waals surface area contributed by atoms with Crippen LogP contribution in [0.1, 0.15) is 348 Å². The minimum Gasteiger partial charge on any atom is -0.462 e. The van der Waals surface area contributed by atoms with Gasteiger partial charge in [0.2, 0.25) is 0 Å². The largest absolute Gasteiger partial charge is 0.462 e. The summed E-state index contributed by atoms with van der Waals surface area (Å²) in [5.41, 5.74) is 0. The van der Waals surface area contributed by atoms with Crippen molar-refractivity contribution >= 4 is 17.9 Å². The Labute approximate surface area is 508 Å². The smallest absolute Gasteiger partial charge is 0.306 e. The maximum atomic E-state index is 13.0. The average molecular weight is 1140 g/mol. The van der Waals surface area contributed by atoms with Gasteiger partial charge < -0.3 is 14.2 Å². The van der Waals surface area contributed by atoms with Gasteiger partial charge in [-0.05, 0) is 96.3 Å². The van der Waals surface area contributed by atoms with E-state index in [4.69, 9.17) is 14.2 Å². The monoisotopic (exact) mass is 1140 g/mol. The van der Waals surface area contributed by atoms with Gasteiger partial charge in [0.1, 0.15) is 13.2 Å². The number of rotatable bonds is 64. The van der Waals surface area contributed by atoms with Gasteiger partial charge in [-0.25, -0.2) is 0 Å². The lowest BCUT2D eigenvalue weighted by atomic mass is 10.0. The van der Waals surface area contributed by atoms with Crippen molar-refractivity contribution in [2.75, 3.05) is 13.2 Å². The number of hydrogen-bond acceptors (Lipinski definition) is 6. The van der Waals surface area contributed by atoms with Crippen LogP contribution in [0.25, 0.3) is 0 Å². The first-order valence-electron chi connectivity index (χ1n) is 35.2. The van der Waals surface area contributed by atoms with Crippen LogP contribution >= 0.6 is 0 Å². The quantitative estimate of drug-likeness (QED) is 0.0261. The summed E-state index contributed by atoms with van der Waals surface area (Å²) in [7, 11) is 0. The number of ether oxygens (including phenoxy) is 3. The molecule has 1 atom stereocenters. The van der Waals surface area contributed by atoms with Crippen molar-refractivity contribution < 1.29 is 28.6 Å². The highest BCUT2D eigenvalue weighted by Gasteiger charge is 2.19. The van der Waals surface area contributed by atoms with Crippen LogP contribution in [0.4, 0.5) is 0 Å². The fourth-order valence-electron chi connectivity index (χ4n) is 10.1. The first-order chi connectivity index (χ1) is 40.5. The van der Waals surface area contributed by atoms with Gasteiger partial charge in [-0.15, -0.1) is 0 Å². The Balaban J connectivity index is 4.38. The Hall–Kier alpha value is -3.67. The number of allylic oxidation sites excluding steroid dienone is 16. The summed E-state index contributed by atoms with van der Waals surface area (Å²) in [5, 5.41) is 0. The molecular formula is C76H132O6. The molecule has 1 unspecified atom stereocenters. The Morgan fingerprint density at radius 2 is 0.476 bits per heavy atom. The summed E-state index contributed by atoms with van der Waals surface area (Å²) in [6.07, 6.45) is 94.2. The molecule has 0 aromatic heterocycles. The van der Waals surface area contributed by atoms with Crippen LogP contribution in [0.5, 0.6) is 0 Å². The average Bonchev–Trinajstić information content (AvgIpc) is 3.48. The molecule has 0 fully saturated rings. The van der Waals surface area contributed by atoms with E-state index in [0.717, 1.165) is 116 Å². The highest BCUT2D eigenvalue weighted by atomic mass is 16.6. The predicted octanol–water partition coefficient (Wildman–Crippen LogP) is 24.4. The van der Waals surface area contributed by atoms with E-state index in [1.54, 1.807) is 0 Å². The van der Waals surface area contributed by atoms with Gasteiger partial charge in [0.15, 0.2) is 6.10 Å². The molecule has 0 aliphatic rings. The number of hydrogen-bond donors (Lipinski definition) is 0. The van der Waals surface area contributed by atoms with Crippen molar-refractivity contribution in [1.82, 2.24) is 0 Å². The Morgan fingerprint density at radius 1 is 0.256 bits per heavy atom. The van der Waals surface area contributed by atoms with Crippen molar-refractivity contribution in [2.24, 2.45) is 0 Å². The second kappa shape index (κ2) is 69.8. The van der Waals surface area contributed by atoms with Gasteiger partial charge in [-0.1, -0.05) is 330 Å². The van der Waals surface area contributed by atoms with Crippen LogP contribution in [-0.4, -0.2) is 37.2 Å². The van der Waals surface area contributed by atoms with Gasteiger partial charge in [0.25, 0.3) is 0 Å². The van der Waals surface area contributed by atoms with E-state index < -0.39 is 6.10 Å². The first kappa shape index (κ1) is 78.3. The van der Waals surface area contributed by atoms with Crippen LogP contribution in [0, 0.1) is 0 Å². The SMILES string of the molecule is CC/C=C\C/C=C\C/C=C\C/C=C\CCCCCCCCCCCCC(=O)OCC(COC(=O)CCCCCCCC/C=C\C/C=C\C/C=C\C/C=C\CC)OC(=O)CCCCCCCCCCCCCCCCCCCCCCCC. The van der Waals surface area contributed by atoms with Crippen molar-refractivity contribution in [3.05, 3.63) is 97.2 Å². The normalized spacial score (nSPS) is 12.7. The lowest BCUT2D eigenvalue weighted by Gasteiger charge is -2.18. The minimum absolute atomic E-state index is 0.0818. The maximum absolute atomic E-state index is 13.0. The summed E-state index contributed by atoms with van der Waals surface area (Å²) in [6, 6.07) is 0. The molecule has 0 N–H and O–H groups in total. The second-order valence-electron chi connectivity index (χ2n) is 23.4. The molecule has 0 bridgehead atoms. The topological polar surface area (TPSA) is 78.9 Å². The molecule has 0 saturated heterocycles. The van der Waals surface area contributed by atoms with E-state index in [1.807, 2.05) is 0 Å². The Kier molecular flexibility index (Phi) is 66.7. The standard InChI is InChI=1S/C76H132O6/c1-4-7-10-13-16-19-22-25-28-31-34-36-38-40-42-45-48-51-54-57-60-63-66-69-75(78)81-72-73(71-80-74(77)68-65-62-59-56-53-50-47-44-41-33-30-27-24-21-18-15-12-9-6-3)82-76(79)70-67-64-61-58-55-52-49-46-43-39-37-35-32-29-26-23-20-17-14-11-8-5-2/h7,9-10,12,16,18-19,21,25,27-28,30,34,36,41,44,73H,4-6,8,11,13-15,17,20,22-24,26,29,31-33,35,37-40,42-43,45-72H2,1-3H3/b10-7-,12-9-,19-16-,21-18-,28-25-,30-27-,36-34-,44-41-. The van der Waals surface area contributed by atoms with Crippen molar-refractivity contribution in [3.8, 4) is 0 Å². The summed E-state index contributed by atoms with van der Waals surface area (Å²) in [5.74, 6) is -0.881. The van der Waals surface area contributed by atoms with Gasteiger partial charge in [-0.3, -0.25) is 14.4 Å². The molecule has 6 heteroatoms. The number of carbonyl (C=O) groups excluding carboxylic acids is 3. The highest BCUT2D eigenvalue weighted by molar-refractivity contribution is 5.71. The molecule has 0 radical (unpaired) electrons. The summed E-state index contributed by atoms with van der Waals surface area (Å²) in [6.45, 7) is 6.45. The Morgan fingerprint density at radius 3 is 0.744 bits per heavy atom. The zero-order chi connectivity index (χ0) is 59.2. The third kappa shape index (κ3) is 67.1. The van der Waals surface area contributed by atoms with Crippen molar-refractivity contribution in [2.45, 2.75) is 354 Å². The molecule has 82 heavy (non-hydrogen) atoms. The number of carbonyl (C=O) groups is 3. The predicted molar refractivity (Wildman–Crippen MR) is 357 cm³/mol. The number of esters is 3. The Bertz CT molecular complexity index is 1590. The molecule has 0 aliphatic heterocycles. The zero-order valence-corrected chi connectivity index (χ0v) is 54.2. The third-order valence-corrected chi connectivity index (χ3v) is 15.3. The minimum atomic E-state index is -0.787. The van der Waals surface area contributed by atoms with Crippen LogP contribution in [0.2, 0.25) is 0 Å². The fourth-order valence-corrected chi connectivity index (χ4v) is 10.1.